The van der Waals surface area contributed by atoms with E-state index in [0.717, 1.165) is 6.07 Å². The number of aryl methyl sites for hydroxylation is 1. The fourth-order valence-electron chi connectivity index (χ4n) is 1.61. The first-order valence-electron chi connectivity index (χ1n) is 5.89. The average Bonchev–Trinajstić information content (AvgIpc) is 2.32. The molecule has 0 aliphatic carbocycles. The minimum Gasteiger partial charge on any atom is -0.385 e. The quantitative estimate of drug-likeness (QED) is 0.709. The highest BCUT2D eigenvalue weighted by atomic mass is 35.5. The van der Waals surface area contributed by atoms with Crippen molar-refractivity contribution in [1.82, 2.24) is 0 Å². The van der Waals surface area contributed by atoms with Crippen molar-refractivity contribution in [1.29, 1.82) is 0 Å². The van der Waals surface area contributed by atoms with Crippen molar-refractivity contribution in [2.75, 3.05) is 24.2 Å². The topological polar surface area (TPSA) is 116 Å². The number of primary sulfonamides is 1. The van der Waals surface area contributed by atoms with Gasteiger partial charge in [-0.15, -0.1) is 0 Å². The maximum atomic E-state index is 11.9. The fraction of sp³-hybridized carbons (Fsp3) is 0.455. The van der Waals surface area contributed by atoms with Crippen LogP contribution in [0.2, 0.25) is 5.02 Å². The third kappa shape index (κ3) is 5.44. The first kappa shape index (κ1) is 18.2. The molecule has 0 unspecified atom stereocenters. The molecule has 0 saturated heterocycles. The Morgan fingerprint density at radius 3 is 2.38 bits per heavy atom. The second-order valence-electron chi connectivity index (χ2n) is 4.41. The number of methoxy groups -OCH3 is 1. The Labute approximate surface area is 129 Å². The zero-order valence-corrected chi connectivity index (χ0v) is 14.0. The Bertz CT molecular complexity index is 693. The zero-order valence-electron chi connectivity index (χ0n) is 11.6. The van der Waals surface area contributed by atoms with Gasteiger partial charge in [0.05, 0.1) is 21.4 Å². The molecule has 1 aromatic rings. The van der Waals surface area contributed by atoms with Crippen LogP contribution in [0, 0.1) is 6.92 Å². The SMILES string of the molecule is COCCCS(=O)(=O)Nc1c(C)cc(S(N)(=O)=O)cc1Cl. The number of halogens is 1. The van der Waals surface area contributed by atoms with Crippen LogP contribution in [0.4, 0.5) is 5.69 Å². The lowest BCUT2D eigenvalue weighted by atomic mass is 10.2. The highest BCUT2D eigenvalue weighted by molar-refractivity contribution is 7.92. The van der Waals surface area contributed by atoms with Crippen LogP contribution in [0.25, 0.3) is 0 Å². The molecule has 0 atom stereocenters. The van der Waals surface area contributed by atoms with Gasteiger partial charge in [0.25, 0.3) is 0 Å². The van der Waals surface area contributed by atoms with Gasteiger partial charge in [-0.05, 0) is 31.0 Å². The Morgan fingerprint density at radius 2 is 1.90 bits per heavy atom. The Hall–Kier alpha value is -0.870. The summed E-state index contributed by atoms with van der Waals surface area (Å²) in [7, 11) is -6.02. The van der Waals surface area contributed by atoms with Crippen LogP contribution in [0.5, 0.6) is 0 Å². The van der Waals surface area contributed by atoms with Gasteiger partial charge in [0.1, 0.15) is 0 Å². The summed E-state index contributed by atoms with van der Waals surface area (Å²) < 4.78 is 53.5. The summed E-state index contributed by atoms with van der Waals surface area (Å²) in [6.45, 7) is 1.85. The predicted octanol–water partition coefficient (Wildman–Crippen LogP) is 1.07. The van der Waals surface area contributed by atoms with E-state index in [1.54, 1.807) is 0 Å². The van der Waals surface area contributed by atoms with Gasteiger partial charge in [-0.25, -0.2) is 22.0 Å². The number of anilines is 1. The van der Waals surface area contributed by atoms with Crippen LogP contribution in [-0.4, -0.2) is 36.3 Å². The van der Waals surface area contributed by atoms with Crippen LogP contribution in [0.1, 0.15) is 12.0 Å². The number of sulfonamides is 2. The van der Waals surface area contributed by atoms with Gasteiger partial charge in [-0.2, -0.15) is 0 Å². The Kier molecular flexibility index (Phi) is 6.00. The maximum Gasteiger partial charge on any atom is 0.238 e. The molecule has 0 aromatic heterocycles. The van der Waals surface area contributed by atoms with Crippen molar-refractivity contribution >= 4 is 37.3 Å². The number of nitrogens with one attached hydrogen (secondary N) is 1. The molecule has 0 saturated carbocycles. The van der Waals surface area contributed by atoms with E-state index in [2.05, 4.69) is 4.72 Å². The molecule has 0 fully saturated rings. The van der Waals surface area contributed by atoms with Crippen LogP contribution >= 0.6 is 11.6 Å². The monoisotopic (exact) mass is 356 g/mol. The molecule has 120 valence electrons. The number of hydrogen-bond acceptors (Lipinski definition) is 5. The number of benzene rings is 1. The van der Waals surface area contributed by atoms with Crippen molar-refractivity contribution in [3.05, 3.63) is 22.7 Å². The molecule has 0 aliphatic heterocycles. The molecule has 0 aliphatic rings. The Balaban J connectivity index is 3.05. The molecule has 0 amide bonds. The summed E-state index contributed by atoms with van der Waals surface area (Å²) in [5, 5.41) is 4.98. The van der Waals surface area contributed by atoms with E-state index in [0.29, 0.717) is 18.6 Å². The summed E-state index contributed by atoms with van der Waals surface area (Å²) in [6, 6.07) is 2.37. The van der Waals surface area contributed by atoms with E-state index in [1.807, 2.05) is 0 Å². The number of rotatable bonds is 7. The van der Waals surface area contributed by atoms with Gasteiger partial charge >= 0.3 is 0 Å². The van der Waals surface area contributed by atoms with Crippen LogP contribution in [0.3, 0.4) is 0 Å². The minimum atomic E-state index is -3.90. The summed E-state index contributed by atoms with van der Waals surface area (Å²) in [6.07, 6.45) is 0.331. The van der Waals surface area contributed by atoms with Gasteiger partial charge in [0, 0.05) is 13.7 Å². The molecule has 10 heteroatoms. The second kappa shape index (κ2) is 6.93. The molecular weight excluding hydrogens is 340 g/mol. The number of nitrogens with two attached hydrogens (primary N) is 1. The van der Waals surface area contributed by atoms with E-state index in [9.17, 15) is 16.8 Å². The molecular formula is C11H17ClN2O5S2. The lowest BCUT2D eigenvalue weighted by Gasteiger charge is -2.13. The summed E-state index contributed by atoms with van der Waals surface area (Å²) >= 11 is 5.94. The highest BCUT2D eigenvalue weighted by Crippen LogP contribution is 2.29. The van der Waals surface area contributed by atoms with Crippen molar-refractivity contribution in [3.8, 4) is 0 Å². The van der Waals surface area contributed by atoms with Gasteiger partial charge < -0.3 is 4.74 Å². The first-order chi connectivity index (χ1) is 9.57. The molecule has 21 heavy (non-hydrogen) atoms. The second-order valence-corrected chi connectivity index (χ2v) is 8.22. The largest absolute Gasteiger partial charge is 0.385 e. The van der Waals surface area contributed by atoms with Gasteiger partial charge in [-0.1, -0.05) is 11.6 Å². The first-order valence-corrected chi connectivity index (χ1v) is 9.47. The summed E-state index contributed by atoms with van der Waals surface area (Å²) in [5.41, 5.74) is 0.503. The van der Waals surface area contributed by atoms with Crippen molar-refractivity contribution < 1.29 is 21.6 Å². The molecule has 7 nitrogen and oxygen atoms in total. The molecule has 3 N–H and O–H groups in total. The average molecular weight is 357 g/mol. The van der Waals surface area contributed by atoms with Crippen LogP contribution in [-0.2, 0) is 24.8 Å². The van der Waals surface area contributed by atoms with Gasteiger partial charge in [0.15, 0.2) is 0 Å². The van der Waals surface area contributed by atoms with Crippen molar-refractivity contribution in [2.45, 2.75) is 18.2 Å². The van der Waals surface area contributed by atoms with Gasteiger partial charge in [0.2, 0.25) is 20.0 Å². The van der Waals surface area contributed by atoms with E-state index >= 15 is 0 Å². The third-order valence-electron chi connectivity index (χ3n) is 2.61. The lowest BCUT2D eigenvalue weighted by molar-refractivity contribution is 0.199. The smallest absolute Gasteiger partial charge is 0.238 e. The van der Waals surface area contributed by atoms with Crippen LogP contribution in [0.15, 0.2) is 17.0 Å². The molecule has 1 rings (SSSR count). The van der Waals surface area contributed by atoms with Gasteiger partial charge in [-0.3, -0.25) is 4.72 Å². The summed E-state index contributed by atoms with van der Waals surface area (Å²) in [5.74, 6) is -0.131. The van der Waals surface area contributed by atoms with Crippen molar-refractivity contribution in [2.24, 2.45) is 5.14 Å². The predicted molar refractivity (Wildman–Crippen MR) is 81.5 cm³/mol. The van der Waals surface area contributed by atoms with Crippen molar-refractivity contribution in [3.63, 3.8) is 0 Å². The zero-order chi connectivity index (χ0) is 16.3. The highest BCUT2D eigenvalue weighted by Gasteiger charge is 2.17. The minimum absolute atomic E-state index is 0.0330. The lowest BCUT2D eigenvalue weighted by Crippen LogP contribution is -2.19. The Morgan fingerprint density at radius 1 is 1.29 bits per heavy atom. The number of hydrogen-bond donors (Lipinski definition) is 2. The van der Waals surface area contributed by atoms with E-state index in [4.69, 9.17) is 21.5 Å². The fourth-order valence-corrected chi connectivity index (χ4v) is 3.85. The molecule has 1 aromatic carbocycles. The molecule has 0 spiro atoms. The van der Waals surface area contributed by atoms with E-state index in [-0.39, 0.29) is 21.4 Å². The normalized spacial score (nSPS) is 12.4. The molecule has 0 radical (unpaired) electrons. The maximum absolute atomic E-state index is 11.9. The van der Waals surface area contributed by atoms with E-state index < -0.39 is 20.0 Å². The molecule has 0 heterocycles. The van der Waals surface area contributed by atoms with E-state index in [1.165, 1.54) is 20.1 Å². The standard InChI is InChI=1S/C11H17ClN2O5S2/c1-8-6-9(21(13,17)18)7-10(12)11(8)14-20(15,16)5-3-4-19-2/h6-7,14H,3-5H2,1-2H3,(H2,13,17,18). The third-order valence-corrected chi connectivity index (χ3v) is 5.14. The summed E-state index contributed by atoms with van der Waals surface area (Å²) in [4.78, 5) is -0.174. The molecule has 0 bridgehead atoms. The van der Waals surface area contributed by atoms with Crippen LogP contribution < -0.4 is 9.86 Å². The number of ether oxygens (including phenoxy) is 1.